The average molecular weight is 267 g/mol. The van der Waals surface area contributed by atoms with Crippen molar-refractivity contribution >= 4 is 5.97 Å². The van der Waals surface area contributed by atoms with Gasteiger partial charge in [0.2, 0.25) is 0 Å². The lowest BCUT2D eigenvalue weighted by Crippen LogP contribution is -2.11. The van der Waals surface area contributed by atoms with E-state index in [0.29, 0.717) is 17.2 Å². The maximum absolute atomic E-state index is 11.6. The van der Waals surface area contributed by atoms with Crippen molar-refractivity contribution in [3.05, 3.63) is 29.8 Å². The lowest BCUT2D eigenvalue weighted by molar-refractivity contribution is -0.128. The second-order valence-corrected chi connectivity index (χ2v) is 5.25. The number of nitrogens with zero attached hydrogens (tertiary/aromatic N) is 1. The fourth-order valence-electron chi connectivity index (χ4n) is 2.30. The van der Waals surface area contributed by atoms with E-state index in [9.17, 15) is 4.79 Å². The van der Waals surface area contributed by atoms with E-state index in [-0.39, 0.29) is 0 Å². The summed E-state index contributed by atoms with van der Waals surface area (Å²) in [7, 11) is 0. The van der Waals surface area contributed by atoms with Gasteiger partial charge in [-0.3, -0.25) is 0 Å². The van der Waals surface area contributed by atoms with Crippen molar-refractivity contribution in [3.8, 4) is 23.7 Å². The van der Waals surface area contributed by atoms with Gasteiger partial charge >= 0.3 is 5.97 Å². The van der Waals surface area contributed by atoms with Crippen LogP contribution in [-0.2, 0) is 4.79 Å². The molecule has 1 aromatic carbocycles. The second-order valence-electron chi connectivity index (χ2n) is 5.25. The highest BCUT2D eigenvalue weighted by atomic mass is 16.5. The Morgan fingerprint density at radius 3 is 2.45 bits per heavy atom. The van der Waals surface area contributed by atoms with Crippen LogP contribution >= 0.6 is 0 Å². The summed E-state index contributed by atoms with van der Waals surface area (Å²) in [5.41, 5.74) is 0.534. The predicted octanol–water partition coefficient (Wildman–Crippen LogP) is 3.29. The zero-order valence-corrected chi connectivity index (χ0v) is 11.6. The summed E-state index contributed by atoms with van der Waals surface area (Å²) >= 11 is 0. The van der Waals surface area contributed by atoms with Gasteiger partial charge in [-0.25, -0.2) is 4.79 Å². The van der Waals surface area contributed by atoms with Crippen molar-refractivity contribution in [3.63, 3.8) is 0 Å². The third-order valence-corrected chi connectivity index (χ3v) is 3.59. The van der Waals surface area contributed by atoms with Crippen LogP contribution in [0.15, 0.2) is 24.3 Å². The number of hydrogen-bond acceptors (Lipinski definition) is 3. The molecule has 1 saturated carbocycles. The number of carbonyl (C=O) groups is 1. The molecular weight excluding hydrogens is 250 g/mol. The third-order valence-electron chi connectivity index (χ3n) is 3.59. The Balaban J connectivity index is 1.87. The van der Waals surface area contributed by atoms with Gasteiger partial charge in [-0.2, -0.15) is 5.26 Å². The summed E-state index contributed by atoms with van der Waals surface area (Å²) < 4.78 is 5.10. The normalized spacial score (nSPS) is 21.2. The first-order valence-electron chi connectivity index (χ1n) is 6.91. The summed E-state index contributed by atoms with van der Waals surface area (Å²) in [5, 5.41) is 8.68. The van der Waals surface area contributed by atoms with Crippen molar-refractivity contribution in [1.29, 1.82) is 5.26 Å². The molecule has 1 aliphatic rings. The number of nitriles is 1. The quantitative estimate of drug-likeness (QED) is 0.339. The SMILES string of the molecule is CC1CCC(C#CC(=O)Oc2ccc(C#N)cc2)CC1. The molecule has 3 nitrogen and oxygen atoms in total. The molecule has 0 amide bonds. The van der Waals surface area contributed by atoms with E-state index in [1.54, 1.807) is 24.3 Å². The Bertz CT molecular complexity index is 564. The number of rotatable bonds is 1. The van der Waals surface area contributed by atoms with E-state index in [4.69, 9.17) is 10.00 Å². The van der Waals surface area contributed by atoms with Crippen molar-refractivity contribution < 1.29 is 9.53 Å². The number of ether oxygens (including phenoxy) is 1. The standard InChI is InChI=1S/C17H17NO2/c1-13-2-4-14(5-3-13)8-11-17(19)20-16-9-6-15(12-18)7-10-16/h6-7,9-10,13-14H,2-5H2,1H3. The molecule has 2 rings (SSSR count). The second kappa shape index (κ2) is 6.78. The molecule has 1 aliphatic carbocycles. The molecule has 0 bridgehead atoms. The van der Waals surface area contributed by atoms with E-state index < -0.39 is 5.97 Å². The monoisotopic (exact) mass is 267 g/mol. The van der Waals surface area contributed by atoms with Crippen molar-refractivity contribution in [2.45, 2.75) is 32.6 Å². The van der Waals surface area contributed by atoms with Crippen LogP contribution in [0.1, 0.15) is 38.2 Å². The molecular formula is C17H17NO2. The fraction of sp³-hybridized carbons (Fsp3) is 0.412. The van der Waals surface area contributed by atoms with Crippen LogP contribution in [0, 0.1) is 35.0 Å². The van der Waals surface area contributed by atoms with Crippen LogP contribution in [0.5, 0.6) is 5.75 Å². The Kier molecular flexibility index (Phi) is 4.80. The van der Waals surface area contributed by atoms with Crippen LogP contribution in [0.3, 0.4) is 0 Å². The smallest absolute Gasteiger partial charge is 0.389 e. The molecule has 0 aromatic heterocycles. The molecule has 20 heavy (non-hydrogen) atoms. The highest BCUT2D eigenvalue weighted by molar-refractivity contribution is 5.90. The Morgan fingerprint density at radius 1 is 1.20 bits per heavy atom. The summed E-state index contributed by atoms with van der Waals surface area (Å²) in [5.74, 6) is 6.55. The predicted molar refractivity (Wildman–Crippen MR) is 75.7 cm³/mol. The molecule has 0 N–H and O–H groups in total. The maximum Gasteiger partial charge on any atom is 0.389 e. The van der Waals surface area contributed by atoms with Crippen molar-refractivity contribution in [1.82, 2.24) is 0 Å². The number of benzene rings is 1. The average Bonchev–Trinajstić information content (AvgIpc) is 2.47. The van der Waals surface area contributed by atoms with E-state index in [0.717, 1.165) is 18.8 Å². The lowest BCUT2D eigenvalue weighted by atomic mass is 9.83. The lowest BCUT2D eigenvalue weighted by Gasteiger charge is -2.21. The number of hydrogen-bond donors (Lipinski definition) is 0. The van der Waals surface area contributed by atoms with Gasteiger partial charge in [0.1, 0.15) is 5.75 Å². The molecule has 0 heterocycles. The molecule has 1 fully saturated rings. The number of esters is 1. The van der Waals surface area contributed by atoms with E-state index in [1.807, 2.05) is 6.07 Å². The van der Waals surface area contributed by atoms with Crippen molar-refractivity contribution in [2.75, 3.05) is 0 Å². The van der Waals surface area contributed by atoms with Gasteiger partial charge < -0.3 is 4.74 Å². The first-order chi connectivity index (χ1) is 9.67. The van der Waals surface area contributed by atoms with Crippen LogP contribution < -0.4 is 4.74 Å². The Labute approximate surface area is 119 Å². The summed E-state index contributed by atoms with van der Waals surface area (Å²) in [6, 6.07) is 8.43. The van der Waals surface area contributed by atoms with Gasteiger partial charge in [-0.05, 0) is 55.9 Å². The molecule has 0 aliphatic heterocycles. The molecule has 1 aromatic rings. The van der Waals surface area contributed by atoms with Crippen LogP contribution in [0.2, 0.25) is 0 Å². The minimum Gasteiger partial charge on any atom is -0.417 e. The highest BCUT2D eigenvalue weighted by Crippen LogP contribution is 2.27. The minimum absolute atomic E-state index is 0.319. The minimum atomic E-state index is -0.534. The van der Waals surface area contributed by atoms with Gasteiger partial charge in [0.25, 0.3) is 0 Å². The summed E-state index contributed by atoms with van der Waals surface area (Å²) in [6.45, 7) is 2.25. The number of carbonyl (C=O) groups excluding carboxylic acids is 1. The zero-order chi connectivity index (χ0) is 14.4. The zero-order valence-electron chi connectivity index (χ0n) is 11.6. The molecule has 0 atom stereocenters. The first kappa shape index (κ1) is 14.2. The maximum atomic E-state index is 11.6. The molecule has 0 radical (unpaired) electrons. The van der Waals surface area contributed by atoms with E-state index >= 15 is 0 Å². The molecule has 0 spiro atoms. The highest BCUT2D eigenvalue weighted by Gasteiger charge is 2.16. The molecule has 0 saturated heterocycles. The van der Waals surface area contributed by atoms with Gasteiger partial charge in [0, 0.05) is 11.8 Å². The van der Waals surface area contributed by atoms with Gasteiger partial charge in [-0.1, -0.05) is 12.8 Å². The topological polar surface area (TPSA) is 50.1 Å². The third kappa shape index (κ3) is 4.14. The summed E-state index contributed by atoms with van der Waals surface area (Å²) in [4.78, 5) is 11.6. The van der Waals surface area contributed by atoms with Crippen molar-refractivity contribution in [2.24, 2.45) is 11.8 Å². The first-order valence-corrected chi connectivity index (χ1v) is 6.91. The van der Waals surface area contributed by atoms with Crippen LogP contribution in [-0.4, -0.2) is 5.97 Å². The van der Waals surface area contributed by atoms with Crippen LogP contribution in [0.25, 0.3) is 0 Å². The fourth-order valence-corrected chi connectivity index (χ4v) is 2.30. The summed E-state index contributed by atoms with van der Waals surface area (Å²) in [6.07, 6.45) is 4.50. The Morgan fingerprint density at radius 2 is 1.85 bits per heavy atom. The molecule has 3 heteroatoms. The van der Waals surface area contributed by atoms with E-state index in [1.165, 1.54) is 12.8 Å². The van der Waals surface area contributed by atoms with Gasteiger partial charge in [0.05, 0.1) is 11.6 Å². The molecule has 0 unspecified atom stereocenters. The van der Waals surface area contributed by atoms with E-state index in [2.05, 4.69) is 18.8 Å². The largest absolute Gasteiger partial charge is 0.417 e. The van der Waals surface area contributed by atoms with Gasteiger partial charge in [0.15, 0.2) is 0 Å². The van der Waals surface area contributed by atoms with Crippen LogP contribution in [0.4, 0.5) is 0 Å². The van der Waals surface area contributed by atoms with Gasteiger partial charge in [-0.15, -0.1) is 0 Å². The Hall–Kier alpha value is -2.26. The molecule has 102 valence electrons.